The highest BCUT2D eigenvalue weighted by molar-refractivity contribution is 7.89. The minimum atomic E-state index is -3.75. The van der Waals surface area contributed by atoms with Crippen LogP contribution in [-0.2, 0) is 14.8 Å². The van der Waals surface area contributed by atoms with Gasteiger partial charge in [-0.2, -0.15) is 0 Å². The van der Waals surface area contributed by atoms with Gasteiger partial charge in [0, 0.05) is 18.6 Å². The first-order valence-corrected chi connectivity index (χ1v) is 10.5. The van der Waals surface area contributed by atoms with E-state index in [0.29, 0.717) is 17.1 Å². The average Bonchev–Trinajstić information content (AvgIpc) is 2.69. The van der Waals surface area contributed by atoms with Crippen LogP contribution in [0.2, 0.25) is 0 Å². The Hall–Kier alpha value is -3.77. The molecule has 0 atom stereocenters. The van der Waals surface area contributed by atoms with Crippen molar-refractivity contribution in [3.05, 3.63) is 59.7 Å². The van der Waals surface area contributed by atoms with Crippen LogP contribution in [0.25, 0.3) is 6.08 Å². The fraction of sp³-hybridized carbons (Fsp3) is 0.143. The van der Waals surface area contributed by atoms with Crippen molar-refractivity contribution in [1.29, 1.82) is 0 Å². The zero-order chi connectivity index (χ0) is 22.1. The van der Waals surface area contributed by atoms with Gasteiger partial charge in [0.2, 0.25) is 15.9 Å². The van der Waals surface area contributed by atoms with Gasteiger partial charge < -0.3 is 14.8 Å². The predicted molar refractivity (Wildman–Crippen MR) is 113 cm³/mol. The number of amides is 2. The van der Waals surface area contributed by atoms with Crippen molar-refractivity contribution in [1.82, 2.24) is 4.72 Å². The largest absolute Gasteiger partial charge is 0.493 e. The summed E-state index contributed by atoms with van der Waals surface area (Å²) >= 11 is 0. The quantitative estimate of drug-likeness (QED) is 0.518. The van der Waals surface area contributed by atoms with Crippen LogP contribution in [0.3, 0.4) is 0 Å². The minimum absolute atomic E-state index is 0.00768. The maximum Gasteiger partial charge on any atom is 0.266 e. The Morgan fingerprint density at radius 1 is 1.10 bits per heavy atom. The highest BCUT2D eigenvalue weighted by Crippen LogP contribution is 2.31. The summed E-state index contributed by atoms with van der Waals surface area (Å²) in [6.07, 6.45) is 6.10. The number of rotatable bonds is 7. The molecule has 8 nitrogen and oxygen atoms in total. The van der Waals surface area contributed by atoms with Crippen molar-refractivity contribution in [3.63, 3.8) is 0 Å². The molecule has 0 fully saturated rings. The molecule has 2 rings (SSSR count). The van der Waals surface area contributed by atoms with Gasteiger partial charge in [0.1, 0.15) is 6.11 Å². The lowest BCUT2D eigenvalue weighted by Gasteiger charge is -2.10. The van der Waals surface area contributed by atoms with Crippen molar-refractivity contribution in [2.75, 3.05) is 18.7 Å². The Morgan fingerprint density at radius 2 is 1.83 bits per heavy atom. The number of ether oxygens (including phenoxy) is 2. The number of hydrogen-bond donors (Lipinski definition) is 2. The number of carbonyl (C=O) groups excluding carboxylic acids is 2. The van der Waals surface area contributed by atoms with Crippen LogP contribution in [0.5, 0.6) is 11.5 Å². The molecular formula is C21H20N2O6S. The predicted octanol–water partition coefficient (Wildman–Crippen LogP) is 2.40. The summed E-state index contributed by atoms with van der Waals surface area (Å²) in [5, 5.41) is 2.56. The summed E-state index contributed by atoms with van der Waals surface area (Å²) in [7, 11) is -2.26. The second kappa shape index (κ2) is 10.1. The standard InChI is InChI=1S/C21H20N2O6S/c1-4-14-29-20-15(8-7-11-18(20)28-2)12-13-19(24)22-17-10-6-5-9-16(17)21(25)23-30(3,26)27/h5-13H,1-3H3,(H,22,24)(H,23,25)/b13-12+. The summed E-state index contributed by atoms with van der Waals surface area (Å²) < 4.78 is 35.1. The Kier molecular flexibility index (Phi) is 7.61. The molecule has 0 spiro atoms. The molecule has 0 aliphatic heterocycles. The zero-order valence-corrected chi connectivity index (χ0v) is 17.4. The van der Waals surface area contributed by atoms with Crippen LogP contribution >= 0.6 is 0 Å². The molecule has 30 heavy (non-hydrogen) atoms. The number of sulfonamides is 1. The number of methoxy groups -OCH3 is 1. The fourth-order valence-electron chi connectivity index (χ4n) is 2.39. The first-order chi connectivity index (χ1) is 14.2. The van der Waals surface area contributed by atoms with E-state index >= 15 is 0 Å². The van der Waals surface area contributed by atoms with Crippen molar-refractivity contribution >= 4 is 33.6 Å². The van der Waals surface area contributed by atoms with Crippen LogP contribution < -0.4 is 19.5 Å². The lowest BCUT2D eigenvalue weighted by Crippen LogP contribution is -2.30. The summed E-state index contributed by atoms with van der Waals surface area (Å²) in [5.41, 5.74) is 0.718. The Labute approximate surface area is 174 Å². The molecule has 156 valence electrons. The summed E-state index contributed by atoms with van der Waals surface area (Å²) in [5.74, 6) is 2.03. The van der Waals surface area contributed by atoms with Crippen molar-refractivity contribution < 1.29 is 27.5 Å². The van der Waals surface area contributed by atoms with Gasteiger partial charge in [-0.25, -0.2) is 13.1 Å². The third-order valence-electron chi connectivity index (χ3n) is 3.61. The van der Waals surface area contributed by atoms with Gasteiger partial charge in [-0.15, -0.1) is 0 Å². The third kappa shape index (κ3) is 6.39. The lowest BCUT2D eigenvalue weighted by atomic mass is 10.1. The summed E-state index contributed by atoms with van der Waals surface area (Å²) in [4.78, 5) is 24.5. The fourth-order valence-corrected chi connectivity index (χ4v) is 2.84. The number of anilines is 1. The molecule has 0 aromatic heterocycles. The SMILES string of the molecule is CC#COc1c(/C=C/C(=O)Nc2ccccc2C(=O)NS(C)(=O)=O)cccc1OC. The normalized spacial score (nSPS) is 10.6. The number of para-hydroxylation sites is 2. The van der Waals surface area contributed by atoms with Crippen LogP contribution in [0, 0.1) is 12.0 Å². The molecule has 0 heterocycles. The van der Waals surface area contributed by atoms with E-state index in [0.717, 1.165) is 6.26 Å². The molecule has 0 saturated heterocycles. The minimum Gasteiger partial charge on any atom is -0.493 e. The second-order valence-electron chi connectivity index (χ2n) is 5.90. The molecule has 0 radical (unpaired) electrons. The van der Waals surface area contributed by atoms with E-state index < -0.39 is 21.8 Å². The molecule has 2 amide bonds. The van der Waals surface area contributed by atoms with E-state index in [-0.39, 0.29) is 11.3 Å². The van der Waals surface area contributed by atoms with E-state index in [1.807, 2.05) is 4.72 Å². The molecule has 9 heteroatoms. The summed E-state index contributed by atoms with van der Waals surface area (Å²) in [6.45, 7) is 1.62. The summed E-state index contributed by atoms with van der Waals surface area (Å²) in [6, 6.07) is 11.2. The maximum atomic E-state index is 12.4. The maximum absolute atomic E-state index is 12.4. The molecule has 0 saturated carbocycles. The van der Waals surface area contributed by atoms with Crippen molar-refractivity contribution in [2.45, 2.75) is 6.92 Å². The van der Waals surface area contributed by atoms with Crippen LogP contribution in [0.4, 0.5) is 5.69 Å². The van der Waals surface area contributed by atoms with Gasteiger partial charge in [0.05, 0.1) is 24.6 Å². The average molecular weight is 428 g/mol. The van der Waals surface area contributed by atoms with E-state index in [2.05, 4.69) is 17.3 Å². The monoisotopic (exact) mass is 428 g/mol. The molecule has 2 aromatic rings. The van der Waals surface area contributed by atoms with Gasteiger partial charge in [0.15, 0.2) is 11.5 Å². The highest BCUT2D eigenvalue weighted by atomic mass is 32.2. The third-order valence-corrected chi connectivity index (χ3v) is 4.16. The van der Waals surface area contributed by atoms with Crippen molar-refractivity contribution in [3.8, 4) is 23.5 Å². The van der Waals surface area contributed by atoms with E-state index in [1.165, 1.54) is 31.4 Å². The molecule has 0 unspecified atom stereocenters. The van der Waals surface area contributed by atoms with Gasteiger partial charge in [-0.3, -0.25) is 9.59 Å². The van der Waals surface area contributed by atoms with Gasteiger partial charge in [-0.05, 0) is 24.3 Å². The van der Waals surface area contributed by atoms with Crippen LogP contribution in [0.1, 0.15) is 22.8 Å². The van der Waals surface area contributed by atoms with E-state index in [1.54, 1.807) is 37.3 Å². The van der Waals surface area contributed by atoms with Gasteiger partial charge >= 0.3 is 0 Å². The van der Waals surface area contributed by atoms with Crippen molar-refractivity contribution in [2.24, 2.45) is 0 Å². The van der Waals surface area contributed by atoms with E-state index in [4.69, 9.17) is 9.47 Å². The Morgan fingerprint density at radius 3 is 2.50 bits per heavy atom. The molecule has 0 aliphatic carbocycles. The molecule has 2 aromatic carbocycles. The first-order valence-electron chi connectivity index (χ1n) is 8.61. The van der Waals surface area contributed by atoms with Crippen LogP contribution in [-0.4, -0.2) is 33.6 Å². The number of benzene rings is 2. The second-order valence-corrected chi connectivity index (χ2v) is 7.65. The number of hydrogen-bond acceptors (Lipinski definition) is 6. The highest BCUT2D eigenvalue weighted by Gasteiger charge is 2.16. The smallest absolute Gasteiger partial charge is 0.266 e. The molecule has 2 N–H and O–H groups in total. The Balaban J connectivity index is 2.24. The van der Waals surface area contributed by atoms with E-state index in [9.17, 15) is 18.0 Å². The van der Waals surface area contributed by atoms with Crippen LogP contribution in [0.15, 0.2) is 48.5 Å². The molecule has 0 aliphatic rings. The Bertz CT molecular complexity index is 1140. The topological polar surface area (TPSA) is 111 Å². The number of carbonyl (C=O) groups is 2. The number of nitrogens with one attached hydrogen (secondary N) is 2. The molecule has 0 bridgehead atoms. The molecular weight excluding hydrogens is 408 g/mol. The lowest BCUT2D eigenvalue weighted by molar-refractivity contribution is -0.111. The first kappa shape index (κ1) is 22.5. The zero-order valence-electron chi connectivity index (χ0n) is 16.6. The van der Waals surface area contributed by atoms with Gasteiger partial charge in [0.25, 0.3) is 5.91 Å². The van der Waals surface area contributed by atoms with Gasteiger partial charge in [-0.1, -0.05) is 30.2 Å².